The second-order valence-corrected chi connectivity index (χ2v) is 8.92. The lowest BCUT2D eigenvalue weighted by Gasteiger charge is -2.46. The highest BCUT2D eigenvalue weighted by Gasteiger charge is 2.37. The van der Waals surface area contributed by atoms with Gasteiger partial charge in [-0.2, -0.15) is 0 Å². The number of hydrogen-bond donors (Lipinski definition) is 1. The van der Waals surface area contributed by atoms with Gasteiger partial charge in [-0.15, -0.1) is 0 Å². The molecule has 0 radical (unpaired) electrons. The first kappa shape index (κ1) is 19.8. The van der Waals surface area contributed by atoms with Gasteiger partial charge in [0.25, 0.3) is 0 Å². The summed E-state index contributed by atoms with van der Waals surface area (Å²) in [7, 11) is 0. The smallest absolute Gasteiger partial charge is 0.0491 e. The van der Waals surface area contributed by atoms with E-state index in [1.54, 1.807) is 0 Å². The second-order valence-electron chi connectivity index (χ2n) is 8.52. The average molecular weight is 399 g/mol. The standard InChI is InChI=1S/C24H31ClN2O/c25-23-9-5-4-6-20(23)18-24(19-28)12-16-27(17-13-24)22-10-14-26(15-11-22)21-7-2-1-3-8-21/h1-9,22,28H,10-19H2. The van der Waals surface area contributed by atoms with Gasteiger partial charge in [-0.3, -0.25) is 0 Å². The van der Waals surface area contributed by atoms with Gasteiger partial charge < -0.3 is 14.9 Å². The fourth-order valence-electron chi connectivity index (χ4n) is 4.93. The van der Waals surface area contributed by atoms with Crippen LogP contribution >= 0.6 is 11.6 Å². The molecule has 0 unspecified atom stereocenters. The number of benzene rings is 2. The lowest BCUT2D eigenvalue weighted by Crippen LogP contribution is -2.51. The number of rotatable bonds is 5. The Hall–Kier alpha value is -1.55. The maximum Gasteiger partial charge on any atom is 0.0491 e. The van der Waals surface area contributed by atoms with Crippen LogP contribution in [0.15, 0.2) is 54.6 Å². The Bertz CT molecular complexity index is 750. The van der Waals surface area contributed by atoms with E-state index in [4.69, 9.17) is 11.6 Å². The highest BCUT2D eigenvalue weighted by molar-refractivity contribution is 6.31. The van der Waals surface area contributed by atoms with Crippen LogP contribution in [0.3, 0.4) is 0 Å². The third kappa shape index (κ3) is 4.37. The van der Waals surface area contributed by atoms with Gasteiger partial charge in [0.2, 0.25) is 0 Å². The Kier molecular flexibility index (Phi) is 6.25. The van der Waals surface area contributed by atoms with Gasteiger partial charge in [0.1, 0.15) is 0 Å². The molecule has 0 bridgehead atoms. The zero-order valence-corrected chi connectivity index (χ0v) is 17.3. The largest absolute Gasteiger partial charge is 0.396 e. The minimum Gasteiger partial charge on any atom is -0.396 e. The molecule has 0 aromatic heterocycles. The fourth-order valence-corrected chi connectivity index (χ4v) is 5.13. The van der Waals surface area contributed by atoms with Crippen molar-refractivity contribution in [1.29, 1.82) is 0 Å². The lowest BCUT2D eigenvalue weighted by molar-refractivity contribution is 0.0226. The summed E-state index contributed by atoms with van der Waals surface area (Å²) < 4.78 is 0. The van der Waals surface area contributed by atoms with E-state index < -0.39 is 0 Å². The first-order valence-electron chi connectivity index (χ1n) is 10.6. The molecule has 0 amide bonds. The molecule has 2 aromatic carbocycles. The molecule has 2 aliphatic rings. The molecular weight excluding hydrogens is 368 g/mol. The summed E-state index contributed by atoms with van der Waals surface area (Å²) >= 11 is 6.38. The van der Waals surface area contributed by atoms with Crippen molar-refractivity contribution in [2.24, 2.45) is 5.41 Å². The van der Waals surface area contributed by atoms with E-state index in [0.717, 1.165) is 50.5 Å². The molecular formula is C24H31ClN2O. The van der Waals surface area contributed by atoms with Gasteiger partial charge >= 0.3 is 0 Å². The van der Waals surface area contributed by atoms with Crippen LogP contribution in [0.4, 0.5) is 5.69 Å². The van der Waals surface area contributed by atoms with Crippen LogP contribution in [-0.2, 0) is 6.42 Å². The molecule has 0 aliphatic carbocycles. The Morgan fingerprint density at radius 1 is 0.893 bits per heavy atom. The van der Waals surface area contributed by atoms with Crippen molar-refractivity contribution in [3.05, 3.63) is 65.2 Å². The van der Waals surface area contributed by atoms with E-state index in [1.807, 2.05) is 18.2 Å². The molecule has 2 aromatic rings. The van der Waals surface area contributed by atoms with Crippen LogP contribution in [0, 0.1) is 5.41 Å². The summed E-state index contributed by atoms with van der Waals surface area (Å²) in [6.07, 6.45) is 5.43. The molecule has 2 heterocycles. The monoisotopic (exact) mass is 398 g/mol. The van der Waals surface area contributed by atoms with Crippen LogP contribution < -0.4 is 4.90 Å². The minimum absolute atomic E-state index is 0.0216. The first-order chi connectivity index (χ1) is 13.7. The van der Waals surface area contributed by atoms with Crippen molar-refractivity contribution in [3.63, 3.8) is 0 Å². The summed E-state index contributed by atoms with van der Waals surface area (Å²) in [5.74, 6) is 0. The highest BCUT2D eigenvalue weighted by atomic mass is 35.5. The maximum atomic E-state index is 10.2. The van der Waals surface area contributed by atoms with E-state index in [0.29, 0.717) is 6.04 Å². The molecule has 1 N–H and O–H groups in total. The van der Waals surface area contributed by atoms with Crippen molar-refractivity contribution in [2.45, 2.75) is 38.1 Å². The summed E-state index contributed by atoms with van der Waals surface area (Å²) in [5, 5.41) is 11.0. The third-order valence-corrected chi connectivity index (χ3v) is 7.19. The predicted octanol–water partition coefficient (Wildman–Crippen LogP) is 4.63. The van der Waals surface area contributed by atoms with E-state index in [9.17, 15) is 5.11 Å². The molecule has 0 spiro atoms. The zero-order valence-electron chi connectivity index (χ0n) is 16.6. The van der Waals surface area contributed by atoms with E-state index in [-0.39, 0.29) is 12.0 Å². The molecule has 150 valence electrons. The molecule has 3 nitrogen and oxygen atoms in total. The molecule has 2 fully saturated rings. The van der Waals surface area contributed by atoms with Gasteiger partial charge in [0, 0.05) is 36.4 Å². The van der Waals surface area contributed by atoms with Gasteiger partial charge in [-0.05, 0) is 74.4 Å². The van der Waals surface area contributed by atoms with Crippen molar-refractivity contribution in [2.75, 3.05) is 37.7 Å². The Morgan fingerprint density at radius 3 is 2.18 bits per heavy atom. The van der Waals surface area contributed by atoms with E-state index >= 15 is 0 Å². The third-order valence-electron chi connectivity index (χ3n) is 6.82. The number of likely N-dealkylation sites (tertiary alicyclic amines) is 1. The molecule has 4 heteroatoms. The summed E-state index contributed by atoms with van der Waals surface area (Å²) in [5.41, 5.74) is 2.49. The maximum absolute atomic E-state index is 10.2. The molecule has 2 aliphatic heterocycles. The summed E-state index contributed by atoms with van der Waals surface area (Å²) in [6.45, 7) is 4.69. The van der Waals surface area contributed by atoms with E-state index in [2.05, 4.69) is 46.2 Å². The van der Waals surface area contributed by atoms with Crippen LogP contribution in [0.5, 0.6) is 0 Å². The lowest BCUT2D eigenvalue weighted by atomic mass is 9.74. The van der Waals surface area contributed by atoms with Gasteiger partial charge in [0.05, 0.1) is 0 Å². The van der Waals surface area contributed by atoms with Gasteiger partial charge in [0.15, 0.2) is 0 Å². The van der Waals surface area contributed by atoms with Crippen LogP contribution in [0.2, 0.25) is 5.02 Å². The minimum atomic E-state index is -0.0216. The quantitative estimate of drug-likeness (QED) is 0.795. The number of anilines is 1. The van der Waals surface area contributed by atoms with Crippen molar-refractivity contribution < 1.29 is 5.11 Å². The van der Waals surface area contributed by atoms with Crippen molar-refractivity contribution >= 4 is 17.3 Å². The predicted molar refractivity (Wildman–Crippen MR) is 117 cm³/mol. The Morgan fingerprint density at radius 2 is 1.54 bits per heavy atom. The number of para-hydroxylation sites is 1. The molecule has 4 rings (SSSR count). The summed E-state index contributed by atoms with van der Waals surface area (Å²) in [6, 6.07) is 19.5. The number of halogens is 1. The molecule has 0 saturated carbocycles. The van der Waals surface area contributed by atoms with E-state index in [1.165, 1.54) is 24.1 Å². The van der Waals surface area contributed by atoms with Crippen LogP contribution in [0.1, 0.15) is 31.2 Å². The first-order valence-corrected chi connectivity index (χ1v) is 11.0. The molecule has 0 atom stereocenters. The topological polar surface area (TPSA) is 26.7 Å². The average Bonchev–Trinajstić information content (AvgIpc) is 2.77. The van der Waals surface area contributed by atoms with Crippen LogP contribution in [0.25, 0.3) is 0 Å². The number of aliphatic hydroxyl groups is 1. The van der Waals surface area contributed by atoms with Crippen LogP contribution in [-0.4, -0.2) is 48.8 Å². The normalized spacial score (nSPS) is 21.0. The van der Waals surface area contributed by atoms with Crippen molar-refractivity contribution in [1.82, 2.24) is 4.90 Å². The highest BCUT2D eigenvalue weighted by Crippen LogP contribution is 2.38. The van der Waals surface area contributed by atoms with Crippen molar-refractivity contribution in [3.8, 4) is 0 Å². The van der Waals surface area contributed by atoms with Gasteiger partial charge in [-0.25, -0.2) is 0 Å². The molecule has 28 heavy (non-hydrogen) atoms. The summed E-state index contributed by atoms with van der Waals surface area (Å²) in [4.78, 5) is 5.18. The molecule has 2 saturated heterocycles. The fraction of sp³-hybridized carbons (Fsp3) is 0.500. The second kappa shape index (κ2) is 8.86. The number of hydrogen-bond acceptors (Lipinski definition) is 3. The number of aliphatic hydroxyl groups excluding tert-OH is 1. The SMILES string of the molecule is OCC1(Cc2ccccc2Cl)CCN(C2CCN(c3ccccc3)CC2)CC1. The zero-order chi connectivity index (χ0) is 19.4. The Balaban J connectivity index is 1.32. The Labute approximate surface area is 173 Å². The number of nitrogens with zero attached hydrogens (tertiary/aromatic N) is 2. The van der Waals surface area contributed by atoms with Gasteiger partial charge in [-0.1, -0.05) is 48.0 Å². The number of piperidine rings is 2.